The van der Waals surface area contributed by atoms with Crippen LogP contribution in [-0.2, 0) is 5.75 Å². The van der Waals surface area contributed by atoms with E-state index in [-0.39, 0.29) is 5.91 Å². The van der Waals surface area contributed by atoms with Crippen molar-refractivity contribution in [3.05, 3.63) is 57.9 Å². The van der Waals surface area contributed by atoms with E-state index in [9.17, 15) is 4.79 Å². The lowest BCUT2D eigenvalue weighted by Crippen LogP contribution is -2.11. The molecule has 0 bridgehead atoms. The second kappa shape index (κ2) is 7.45. The number of rotatable bonds is 5. The van der Waals surface area contributed by atoms with Crippen molar-refractivity contribution in [2.75, 3.05) is 5.32 Å². The van der Waals surface area contributed by atoms with Gasteiger partial charge in [0.1, 0.15) is 16.2 Å². The molecular weight excluding hydrogens is 380 g/mol. The first kappa shape index (κ1) is 17.6. The van der Waals surface area contributed by atoms with Gasteiger partial charge in [0, 0.05) is 11.4 Å². The molecule has 0 unspecified atom stereocenters. The lowest BCUT2D eigenvalue weighted by atomic mass is 10.2. The van der Waals surface area contributed by atoms with Crippen LogP contribution in [0, 0.1) is 13.8 Å². The first-order valence-electron chi connectivity index (χ1n) is 8.21. The number of nitrogens with zero attached hydrogens (tertiary/aromatic N) is 4. The Bertz CT molecular complexity index is 1120. The van der Waals surface area contributed by atoms with Crippen LogP contribution in [0.5, 0.6) is 0 Å². The van der Waals surface area contributed by atoms with E-state index >= 15 is 0 Å². The van der Waals surface area contributed by atoms with E-state index in [1.54, 1.807) is 18.0 Å². The number of hydrogen-bond donors (Lipinski definition) is 2. The van der Waals surface area contributed by atoms with Gasteiger partial charge in [0.2, 0.25) is 0 Å². The van der Waals surface area contributed by atoms with E-state index in [0.717, 1.165) is 43.8 Å². The number of nitrogens with one attached hydrogen (secondary N) is 2. The van der Waals surface area contributed by atoms with Crippen LogP contribution in [0.4, 0.5) is 5.69 Å². The molecule has 136 valence electrons. The highest BCUT2D eigenvalue weighted by molar-refractivity contribution is 7.98. The maximum Gasteiger partial charge on any atom is 0.267 e. The number of aryl methyl sites for hydroxylation is 2. The third-order valence-electron chi connectivity index (χ3n) is 3.88. The summed E-state index contributed by atoms with van der Waals surface area (Å²) >= 11 is 3.01. The third kappa shape index (κ3) is 3.83. The second-order valence-electron chi connectivity index (χ2n) is 5.90. The van der Waals surface area contributed by atoms with Crippen molar-refractivity contribution in [3.63, 3.8) is 0 Å². The molecule has 0 aliphatic carbocycles. The van der Waals surface area contributed by atoms with E-state index in [1.807, 2.05) is 38.1 Å². The van der Waals surface area contributed by atoms with E-state index in [2.05, 4.69) is 30.5 Å². The first-order chi connectivity index (χ1) is 13.1. The molecule has 0 atom stereocenters. The highest BCUT2D eigenvalue weighted by Gasteiger charge is 2.14. The minimum atomic E-state index is -0.126. The number of aromatic amines is 1. The van der Waals surface area contributed by atoms with E-state index in [0.29, 0.717) is 4.88 Å². The monoisotopic (exact) mass is 396 g/mol. The Labute approximate surface area is 163 Å². The zero-order valence-corrected chi connectivity index (χ0v) is 16.3. The van der Waals surface area contributed by atoms with Crippen molar-refractivity contribution in [2.24, 2.45) is 0 Å². The van der Waals surface area contributed by atoms with Gasteiger partial charge in [-0.25, -0.2) is 15.0 Å². The molecule has 0 aliphatic heterocycles. The van der Waals surface area contributed by atoms with Gasteiger partial charge in [-0.1, -0.05) is 12.1 Å². The summed E-state index contributed by atoms with van der Waals surface area (Å²) in [5.74, 6) is 0.596. The standard InChI is InChI=1S/C18H16N6OS2/c1-10-15(27-11(2)22-10)17(25)23-13-5-3-4-12(6-13)8-26-18-14-7-21-24-16(14)19-9-20-18/h3-7,9H,8H2,1-2H3,(H,23,25)(H,19,20,21,24). The number of thioether (sulfide) groups is 1. The van der Waals surface area contributed by atoms with E-state index in [4.69, 9.17) is 0 Å². The summed E-state index contributed by atoms with van der Waals surface area (Å²) < 4.78 is 0. The molecule has 4 rings (SSSR count). The van der Waals surface area contributed by atoms with Crippen molar-refractivity contribution < 1.29 is 4.79 Å². The minimum absolute atomic E-state index is 0.126. The second-order valence-corrected chi connectivity index (χ2v) is 8.07. The fraction of sp³-hybridized carbons (Fsp3) is 0.167. The average Bonchev–Trinajstić information content (AvgIpc) is 3.26. The number of aromatic nitrogens is 5. The Morgan fingerprint density at radius 2 is 2.19 bits per heavy atom. The van der Waals surface area contributed by atoms with Gasteiger partial charge in [-0.3, -0.25) is 9.89 Å². The van der Waals surface area contributed by atoms with Crippen LogP contribution in [0.25, 0.3) is 11.0 Å². The van der Waals surface area contributed by atoms with Gasteiger partial charge < -0.3 is 5.32 Å². The molecule has 0 spiro atoms. The molecule has 9 heteroatoms. The summed E-state index contributed by atoms with van der Waals surface area (Å²) in [6.07, 6.45) is 3.26. The minimum Gasteiger partial charge on any atom is -0.321 e. The summed E-state index contributed by atoms with van der Waals surface area (Å²) in [7, 11) is 0. The van der Waals surface area contributed by atoms with Crippen LogP contribution >= 0.6 is 23.1 Å². The normalized spacial score (nSPS) is 11.0. The number of hydrogen-bond acceptors (Lipinski definition) is 7. The van der Waals surface area contributed by atoms with Crippen molar-refractivity contribution >= 4 is 45.7 Å². The number of amides is 1. The lowest BCUT2D eigenvalue weighted by molar-refractivity contribution is 0.103. The Hall–Kier alpha value is -2.78. The number of carbonyl (C=O) groups excluding carboxylic acids is 1. The number of anilines is 1. The van der Waals surface area contributed by atoms with Gasteiger partial charge in [-0.05, 0) is 31.5 Å². The maximum absolute atomic E-state index is 12.5. The molecule has 3 aromatic heterocycles. The summed E-state index contributed by atoms with van der Waals surface area (Å²) in [5, 5.41) is 12.5. The molecule has 0 saturated heterocycles. The number of fused-ring (bicyclic) bond motifs is 1. The molecule has 2 N–H and O–H groups in total. The Balaban J connectivity index is 1.47. The van der Waals surface area contributed by atoms with Crippen LogP contribution < -0.4 is 5.32 Å². The first-order valence-corrected chi connectivity index (χ1v) is 10.0. The van der Waals surface area contributed by atoms with Crippen LogP contribution in [0.15, 0.2) is 41.8 Å². The average molecular weight is 397 g/mol. The molecule has 7 nitrogen and oxygen atoms in total. The zero-order chi connectivity index (χ0) is 18.8. The molecule has 1 aromatic carbocycles. The summed E-state index contributed by atoms with van der Waals surface area (Å²) in [6.45, 7) is 3.75. The zero-order valence-electron chi connectivity index (χ0n) is 14.7. The van der Waals surface area contributed by atoms with Gasteiger partial charge in [-0.15, -0.1) is 23.1 Å². The van der Waals surface area contributed by atoms with Crippen molar-refractivity contribution in [2.45, 2.75) is 24.6 Å². The topological polar surface area (TPSA) is 96.5 Å². The highest BCUT2D eigenvalue weighted by Crippen LogP contribution is 2.27. The number of H-pyrrole nitrogens is 1. The van der Waals surface area contributed by atoms with E-state index < -0.39 is 0 Å². The molecule has 0 fully saturated rings. The number of benzene rings is 1. The molecule has 4 aromatic rings. The van der Waals surface area contributed by atoms with Crippen molar-refractivity contribution in [3.8, 4) is 0 Å². The Morgan fingerprint density at radius 1 is 1.30 bits per heavy atom. The quantitative estimate of drug-likeness (QED) is 0.391. The van der Waals surface area contributed by atoms with Gasteiger partial charge in [-0.2, -0.15) is 5.10 Å². The van der Waals surface area contributed by atoms with Crippen LogP contribution in [-0.4, -0.2) is 31.1 Å². The Morgan fingerprint density at radius 3 is 3.00 bits per heavy atom. The molecule has 0 saturated carbocycles. The smallest absolute Gasteiger partial charge is 0.267 e. The van der Waals surface area contributed by atoms with Crippen molar-refractivity contribution in [1.29, 1.82) is 0 Å². The molecular formula is C18H16N6OS2. The third-order valence-corrected chi connectivity index (χ3v) is 6.03. The Kier molecular flexibility index (Phi) is 4.87. The van der Waals surface area contributed by atoms with Crippen LogP contribution in [0.2, 0.25) is 0 Å². The van der Waals surface area contributed by atoms with Crippen molar-refractivity contribution in [1.82, 2.24) is 25.1 Å². The fourth-order valence-corrected chi connectivity index (χ4v) is 4.40. The molecule has 27 heavy (non-hydrogen) atoms. The predicted molar refractivity (Wildman–Crippen MR) is 107 cm³/mol. The number of carbonyl (C=O) groups is 1. The SMILES string of the molecule is Cc1nc(C)c(C(=O)Nc2cccc(CSc3ncnc4[nH]ncc34)c2)s1. The number of thiazole rings is 1. The van der Waals surface area contributed by atoms with Gasteiger partial charge in [0.25, 0.3) is 5.91 Å². The van der Waals surface area contributed by atoms with E-state index in [1.165, 1.54) is 17.7 Å². The van der Waals surface area contributed by atoms with Gasteiger partial charge in [0.05, 0.1) is 22.3 Å². The van der Waals surface area contributed by atoms with Crippen LogP contribution in [0.3, 0.4) is 0 Å². The predicted octanol–water partition coefficient (Wildman–Crippen LogP) is 3.97. The van der Waals surface area contributed by atoms with Gasteiger partial charge in [0.15, 0.2) is 5.65 Å². The lowest BCUT2D eigenvalue weighted by Gasteiger charge is -2.07. The van der Waals surface area contributed by atoms with Crippen LogP contribution in [0.1, 0.15) is 25.9 Å². The molecule has 0 aliphatic rings. The molecule has 3 heterocycles. The van der Waals surface area contributed by atoms with Gasteiger partial charge >= 0.3 is 0 Å². The molecule has 0 radical (unpaired) electrons. The molecule has 1 amide bonds. The summed E-state index contributed by atoms with van der Waals surface area (Å²) in [4.78, 5) is 25.9. The largest absolute Gasteiger partial charge is 0.321 e. The fourth-order valence-electron chi connectivity index (χ4n) is 2.68. The highest BCUT2D eigenvalue weighted by atomic mass is 32.2. The summed E-state index contributed by atoms with van der Waals surface area (Å²) in [5.41, 5.74) is 3.34. The summed E-state index contributed by atoms with van der Waals surface area (Å²) in [6, 6.07) is 7.82. The maximum atomic E-state index is 12.5.